The van der Waals surface area contributed by atoms with Crippen LogP contribution in [0.2, 0.25) is 0 Å². The Labute approximate surface area is 258 Å². The molecule has 240 valence electrons. The Hall–Kier alpha value is -4.49. The number of halogens is 3. The zero-order valence-corrected chi connectivity index (χ0v) is 25.1. The predicted octanol–water partition coefficient (Wildman–Crippen LogP) is 5.43. The van der Waals surface area contributed by atoms with Crippen LogP contribution in [0, 0.1) is 5.92 Å². The van der Waals surface area contributed by atoms with Crippen LogP contribution in [0.3, 0.4) is 0 Å². The van der Waals surface area contributed by atoms with Gasteiger partial charge in [0.2, 0.25) is 6.79 Å². The molecule has 0 bridgehead atoms. The van der Waals surface area contributed by atoms with Crippen LogP contribution < -0.4 is 24.8 Å². The van der Waals surface area contributed by atoms with Crippen molar-refractivity contribution in [1.29, 1.82) is 0 Å². The molecule has 2 aliphatic heterocycles. The van der Waals surface area contributed by atoms with Crippen LogP contribution in [0.15, 0.2) is 60.7 Å². The highest BCUT2D eigenvalue weighted by Crippen LogP contribution is 2.36. The second-order valence-corrected chi connectivity index (χ2v) is 11.3. The molecular formula is C32H35F3N4O6. The molecule has 0 unspecified atom stereocenters. The molecule has 3 amide bonds. The molecule has 5 rings (SSSR count). The molecule has 13 heteroatoms. The number of para-hydroxylation sites is 1. The molecule has 2 aliphatic rings. The number of amides is 3. The van der Waals surface area contributed by atoms with E-state index in [0.29, 0.717) is 31.1 Å². The normalized spacial score (nSPS) is 18.5. The number of likely N-dealkylation sites (N-methyl/N-ethyl adjacent to an activating group) is 1. The summed E-state index contributed by atoms with van der Waals surface area (Å²) in [5.74, 6) is 0.998. The lowest BCUT2D eigenvalue weighted by molar-refractivity contribution is -0.137. The topological polar surface area (TPSA) is 113 Å². The summed E-state index contributed by atoms with van der Waals surface area (Å²) in [6, 6.07) is 13.4. The number of benzene rings is 3. The molecule has 3 aromatic rings. The molecule has 3 aromatic carbocycles. The number of carbonyl (C=O) groups excluding carboxylic acids is 2. The molecule has 0 saturated carbocycles. The molecule has 0 aliphatic carbocycles. The average Bonchev–Trinajstić information content (AvgIpc) is 3.46. The fourth-order valence-corrected chi connectivity index (χ4v) is 5.31. The number of fused-ring (bicyclic) bond motifs is 2. The zero-order valence-electron chi connectivity index (χ0n) is 25.1. The van der Waals surface area contributed by atoms with Gasteiger partial charge in [0, 0.05) is 31.2 Å². The van der Waals surface area contributed by atoms with E-state index < -0.39 is 29.9 Å². The number of hydrogen-bond donors (Lipinski definition) is 3. The SMILES string of the molecule is C[C@@H]1CN([C@@H](C)CO)C(=O)c2cccc(NC(=O)Nc3ccc(C(F)(F)F)cc3)c2O[C@H]1CN(C)Cc1ccc2c(c1)OCO2. The molecule has 0 fully saturated rings. The smallest absolute Gasteiger partial charge is 0.416 e. The number of nitrogens with zero attached hydrogens (tertiary/aromatic N) is 2. The van der Waals surface area contributed by atoms with E-state index >= 15 is 0 Å². The van der Waals surface area contributed by atoms with Gasteiger partial charge in [-0.3, -0.25) is 9.69 Å². The van der Waals surface area contributed by atoms with Crippen LogP contribution in [0.4, 0.5) is 29.3 Å². The quantitative estimate of drug-likeness (QED) is 0.305. The van der Waals surface area contributed by atoms with Crippen LogP contribution in [-0.4, -0.2) is 72.5 Å². The lowest BCUT2D eigenvalue weighted by Gasteiger charge is -2.38. The minimum absolute atomic E-state index is 0.149. The van der Waals surface area contributed by atoms with Crippen molar-refractivity contribution in [1.82, 2.24) is 9.80 Å². The number of anilines is 2. The molecule has 10 nitrogen and oxygen atoms in total. The standard InChI is InChI=1S/C32H35F3N4O6/c1-19-14-39(20(2)17-40)30(41)24-5-4-6-25(37-31(42)36-23-10-8-22(9-11-23)32(33,34)35)29(24)45-28(19)16-38(3)15-21-7-12-26-27(13-21)44-18-43-26/h4-13,19-20,28,40H,14-18H2,1-3H3,(H2,36,37,42)/t19-,20+,28+/m1/s1. The number of hydrogen-bond acceptors (Lipinski definition) is 7. The van der Waals surface area contributed by atoms with Gasteiger partial charge in [0.25, 0.3) is 5.91 Å². The summed E-state index contributed by atoms with van der Waals surface area (Å²) in [4.78, 5) is 30.4. The van der Waals surface area contributed by atoms with Crippen molar-refractivity contribution in [2.45, 2.75) is 38.7 Å². The lowest BCUT2D eigenvalue weighted by atomic mass is 9.99. The van der Waals surface area contributed by atoms with Gasteiger partial charge in [0.05, 0.1) is 29.5 Å². The van der Waals surface area contributed by atoms with Crippen LogP contribution in [0.25, 0.3) is 0 Å². The second kappa shape index (κ2) is 13.2. The molecule has 3 N–H and O–H groups in total. The van der Waals surface area contributed by atoms with Crippen molar-refractivity contribution >= 4 is 23.3 Å². The number of urea groups is 1. The summed E-state index contributed by atoms with van der Waals surface area (Å²) in [7, 11) is 1.95. The summed E-state index contributed by atoms with van der Waals surface area (Å²) >= 11 is 0. The largest absolute Gasteiger partial charge is 0.486 e. The number of nitrogens with one attached hydrogen (secondary N) is 2. The highest BCUT2D eigenvalue weighted by atomic mass is 19.4. The Kier molecular flexibility index (Phi) is 9.40. The van der Waals surface area contributed by atoms with Crippen LogP contribution >= 0.6 is 0 Å². The Balaban J connectivity index is 1.38. The first-order valence-corrected chi connectivity index (χ1v) is 14.5. The number of aliphatic hydroxyl groups excluding tert-OH is 1. The van der Waals surface area contributed by atoms with Gasteiger partial charge in [-0.2, -0.15) is 13.2 Å². The van der Waals surface area contributed by atoms with Crippen molar-refractivity contribution in [3.8, 4) is 17.2 Å². The van der Waals surface area contributed by atoms with Gasteiger partial charge < -0.3 is 34.9 Å². The van der Waals surface area contributed by atoms with E-state index in [9.17, 15) is 27.9 Å². The molecule has 0 spiro atoms. The van der Waals surface area contributed by atoms with Gasteiger partial charge in [0.15, 0.2) is 17.2 Å². The van der Waals surface area contributed by atoms with Crippen molar-refractivity contribution in [2.24, 2.45) is 5.92 Å². The Morgan fingerprint density at radius 3 is 2.53 bits per heavy atom. The monoisotopic (exact) mass is 628 g/mol. The maximum atomic E-state index is 13.7. The van der Waals surface area contributed by atoms with Crippen molar-refractivity contribution < 1.29 is 42.1 Å². The number of alkyl halides is 3. The van der Waals surface area contributed by atoms with Gasteiger partial charge in [0.1, 0.15) is 6.10 Å². The Morgan fingerprint density at radius 1 is 1.09 bits per heavy atom. The number of aliphatic hydroxyl groups is 1. The maximum Gasteiger partial charge on any atom is 0.416 e. The third-order valence-corrected chi connectivity index (χ3v) is 7.79. The van der Waals surface area contributed by atoms with Gasteiger partial charge in [-0.05, 0) is 68.1 Å². The summed E-state index contributed by atoms with van der Waals surface area (Å²) in [6.45, 7) is 5.01. The van der Waals surface area contributed by atoms with E-state index in [-0.39, 0.29) is 47.9 Å². The van der Waals surface area contributed by atoms with Crippen molar-refractivity contribution in [2.75, 3.05) is 44.2 Å². The lowest BCUT2D eigenvalue weighted by Crippen LogP contribution is -2.49. The number of ether oxygens (including phenoxy) is 3. The molecular weight excluding hydrogens is 593 g/mol. The molecule has 45 heavy (non-hydrogen) atoms. The number of rotatable bonds is 8. The highest BCUT2D eigenvalue weighted by Gasteiger charge is 2.35. The van der Waals surface area contributed by atoms with Crippen LogP contribution in [0.1, 0.15) is 35.3 Å². The van der Waals surface area contributed by atoms with E-state index in [1.165, 1.54) is 0 Å². The van der Waals surface area contributed by atoms with Gasteiger partial charge in [-0.15, -0.1) is 0 Å². The molecule has 2 heterocycles. The fraction of sp³-hybridized carbons (Fsp3) is 0.375. The third-order valence-electron chi connectivity index (χ3n) is 7.79. The van der Waals surface area contributed by atoms with E-state index in [4.69, 9.17) is 14.2 Å². The first kappa shape index (κ1) is 31.9. The van der Waals surface area contributed by atoms with E-state index in [1.54, 1.807) is 30.0 Å². The molecule has 0 saturated heterocycles. The summed E-state index contributed by atoms with van der Waals surface area (Å²) in [5, 5.41) is 15.1. The first-order valence-electron chi connectivity index (χ1n) is 14.5. The average molecular weight is 629 g/mol. The predicted molar refractivity (Wildman–Crippen MR) is 161 cm³/mol. The van der Waals surface area contributed by atoms with Crippen LogP contribution in [-0.2, 0) is 12.7 Å². The fourth-order valence-electron chi connectivity index (χ4n) is 5.31. The van der Waals surface area contributed by atoms with Gasteiger partial charge in [-0.25, -0.2) is 4.79 Å². The minimum atomic E-state index is -4.50. The first-order chi connectivity index (χ1) is 21.4. The summed E-state index contributed by atoms with van der Waals surface area (Å²) in [6.07, 6.45) is -4.94. The van der Waals surface area contributed by atoms with E-state index in [1.807, 2.05) is 32.2 Å². The van der Waals surface area contributed by atoms with Gasteiger partial charge in [-0.1, -0.05) is 19.1 Å². The second-order valence-electron chi connectivity index (χ2n) is 11.3. The number of carbonyl (C=O) groups is 2. The Morgan fingerprint density at radius 2 is 1.82 bits per heavy atom. The van der Waals surface area contributed by atoms with Crippen LogP contribution in [0.5, 0.6) is 17.2 Å². The Bertz CT molecular complexity index is 1530. The zero-order chi connectivity index (χ0) is 32.3. The van der Waals surface area contributed by atoms with E-state index in [0.717, 1.165) is 29.8 Å². The highest BCUT2D eigenvalue weighted by molar-refractivity contribution is 6.04. The molecule has 0 aromatic heterocycles. The minimum Gasteiger partial charge on any atom is -0.486 e. The maximum absolute atomic E-state index is 13.7. The van der Waals surface area contributed by atoms with E-state index in [2.05, 4.69) is 15.5 Å². The van der Waals surface area contributed by atoms with Gasteiger partial charge >= 0.3 is 12.2 Å². The van der Waals surface area contributed by atoms with Crippen molar-refractivity contribution in [3.05, 3.63) is 77.4 Å². The molecule has 0 radical (unpaired) electrons. The third kappa shape index (κ3) is 7.43. The summed E-state index contributed by atoms with van der Waals surface area (Å²) in [5.41, 5.74) is 0.733. The summed E-state index contributed by atoms with van der Waals surface area (Å²) < 4.78 is 56.3. The van der Waals surface area contributed by atoms with Crippen molar-refractivity contribution in [3.63, 3.8) is 0 Å². The molecule has 3 atom stereocenters.